The Morgan fingerprint density at radius 3 is 2.71 bits per heavy atom. The van der Waals surface area contributed by atoms with E-state index >= 15 is 0 Å². The highest BCUT2D eigenvalue weighted by Gasteiger charge is 2.14. The van der Waals surface area contributed by atoms with E-state index < -0.39 is 0 Å². The molecular weight excluding hydrogens is 284 g/mol. The lowest BCUT2D eigenvalue weighted by atomic mass is 10.2. The molecule has 0 aliphatic rings. The van der Waals surface area contributed by atoms with E-state index in [9.17, 15) is 4.79 Å². The number of aromatic nitrogens is 3. The molecule has 0 aliphatic carbocycles. The van der Waals surface area contributed by atoms with Gasteiger partial charge < -0.3 is 4.90 Å². The number of hydrogen-bond acceptors (Lipinski definition) is 4. The number of rotatable bonds is 4. The Kier molecular flexibility index (Phi) is 4.80. The average Bonchev–Trinajstić information content (AvgIpc) is 2.81. The SMILES string of the molecule is CSc1nn(-c2ccccn2)c(C)c1C=CC(=O)N(C)C. The van der Waals surface area contributed by atoms with Crippen molar-refractivity contribution < 1.29 is 4.79 Å². The number of pyridine rings is 1. The summed E-state index contributed by atoms with van der Waals surface area (Å²) in [6.07, 6.45) is 7.08. The van der Waals surface area contributed by atoms with Crippen LogP contribution in [0.2, 0.25) is 0 Å². The molecule has 0 aromatic carbocycles. The lowest BCUT2D eigenvalue weighted by Crippen LogP contribution is -2.18. The first-order chi connectivity index (χ1) is 10.0. The smallest absolute Gasteiger partial charge is 0.246 e. The van der Waals surface area contributed by atoms with Gasteiger partial charge in [0, 0.05) is 31.9 Å². The highest BCUT2D eigenvalue weighted by molar-refractivity contribution is 7.98. The lowest BCUT2D eigenvalue weighted by molar-refractivity contribution is -0.123. The molecule has 0 N–H and O–H groups in total. The van der Waals surface area contributed by atoms with Gasteiger partial charge in [0.1, 0.15) is 5.03 Å². The average molecular weight is 302 g/mol. The van der Waals surface area contributed by atoms with Crippen LogP contribution >= 0.6 is 11.8 Å². The zero-order valence-corrected chi connectivity index (χ0v) is 13.4. The molecule has 1 amide bonds. The molecule has 21 heavy (non-hydrogen) atoms. The predicted molar refractivity (Wildman–Crippen MR) is 85.6 cm³/mol. The van der Waals surface area contributed by atoms with Crippen molar-refractivity contribution in [1.29, 1.82) is 0 Å². The first kappa shape index (κ1) is 15.3. The number of amides is 1. The van der Waals surface area contributed by atoms with Crippen LogP contribution in [-0.2, 0) is 4.79 Å². The third kappa shape index (κ3) is 3.33. The fourth-order valence-electron chi connectivity index (χ4n) is 1.84. The molecule has 0 atom stereocenters. The fourth-order valence-corrected chi connectivity index (χ4v) is 2.44. The van der Waals surface area contributed by atoms with Gasteiger partial charge in [-0.1, -0.05) is 6.07 Å². The van der Waals surface area contributed by atoms with E-state index in [0.717, 1.165) is 22.1 Å². The number of likely N-dealkylation sites (N-methyl/N-ethyl adjacent to an activating group) is 1. The molecule has 0 saturated heterocycles. The molecule has 2 heterocycles. The second-order valence-electron chi connectivity index (χ2n) is 4.67. The van der Waals surface area contributed by atoms with Crippen molar-refractivity contribution in [3.63, 3.8) is 0 Å². The number of carbonyl (C=O) groups is 1. The van der Waals surface area contributed by atoms with Crippen molar-refractivity contribution in [3.8, 4) is 5.82 Å². The van der Waals surface area contributed by atoms with E-state index in [1.54, 1.807) is 42.8 Å². The highest BCUT2D eigenvalue weighted by atomic mass is 32.2. The Labute approximate surface area is 128 Å². The predicted octanol–water partition coefficient (Wildman–Crippen LogP) is 2.40. The first-order valence-electron chi connectivity index (χ1n) is 6.49. The van der Waals surface area contributed by atoms with Crippen molar-refractivity contribution >= 4 is 23.7 Å². The maximum atomic E-state index is 11.7. The molecule has 0 unspecified atom stereocenters. The number of thioether (sulfide) groups is 1. The van der Waals surface area contributed by atoms with Crippen LogP contribution in [0.3, 0.4) is 0 Å². The molecule has 0 radical (unpaired) electrons. The Morgan fingerprint density at radius 1 is 1.38 bits per heavy atom. The van der Waals surface area contributed by atoms with Crippen LogP contribution in [0, 0.1) is 6.92 Å². The van der Waals surface area contributed by atoms with Gasteiger partial charge in [0.2, 0.25) is 5.91 Å². The summed E-state index contributed by atoms with van der Waals surface area (Å²) in [6.45, 7) is 1.97. The Bertz CT molecular complexity index is 662. The standard InChI is InChI=1S/C15H18N4OS/c1-11-12(8-9-14(20)18(2)3)15(21-4)17-19(11)13-7-5-6-10-16-13/h5-10H,1-4H3. The monoisotopic (exact) mass is 302 g/mol. The van der Waals surface area contributed by atoms with Crippen molar-refractivity contribution in [2.45, 2.75) is 11.9 Å². The normalized spacial score (nSPS) is 11.0. The Hall–Kier alpha value is -2.08. The summed E-state index contributed by atoms with van der Waals surface area (Å²) in [6, 6.07) is 5.70. The van der Waals surface area contributed by atoms with E-state index in [1.807, 2.05) is 37.5 Å². The summed E-state index contributed by atoms with van der Waals surface area (Å²) in [5.74, 6) is 0.718. The summed E-state index contributed by atoms with van der Waals surface area (Å²) in [5.41, 5.74) is 1.91. The topological polar surface area (TPSA) is 51.0 Å². The van der Waals surface area contributed by atoms with Gasteiger partial charge in [0.05, 0.1) is 5.69 Å². The minimum absolute atomic E-state index is 0.0490. The van der Waals surface area contributed by atoms with Crippen LogP contribution in [0.15, 0.2) is 35.5 Å². The van der Waals surface area contributed by atoms with Crippen molar-refractivity contribution in [1.82, 2.24) is 19.7 Å². The summed E-state index contributed by atoms with van der Waals surface area (Å²) in [5, 5.41) is 5.44. The van der Waals surface area contributed by atoms with Crippen LogP contribution in [0.5, 0.6) is 0 Å². The van der Waals surface area contributed by atoms with Crippen molar-refractivity contribution in [2.75, 3.05) is 20.4 Å². The molecule has 5 nitrogen and oxygen atoms in total. The minimum atomic E-state index is -0.0490. The van der Waals surface area contributed by atoms with Gasteiger partial charge in [-0.2, -0.15) is 5.10 Å². The minimum Gasteiger partial charge on any atom is -0.345 e. The molecular formula is C15H18N4OS. The Balaban J connectivity index is 2.43. The van der Waals surface area contributed by atoms with Crippen molar-refractivity contribution in [3.05, 3.63) is 41.7 Å². The van der Waals surface area contributed by atoms with Gasteiger partial charge in [-0.3, -0.25) is 4.79 Å². The molecule has 2 rings (SSSR count). The molecule has 0 spiro atoms. The maximum absolute atomic E-state index is 11.7. The molecule has 0 bridgehead atoms. The number of hydrogen-bond donors (Lipinski definition) is 0. The third-order valence-electron chi connectivity index (χ3n) is 3.02. The van der Waals surface area contributed by atoms with Gasteiger partial charge in [0.25, 0.3) is 0 Å². The van der Waals surface area contributed by atoms with E-state index in [0.29, 0.717) is 0 Å². The van der Waals surface area contributed by atoms with Crippen LogP contribution in [-0.4, -0.2) is 45.9 Å². The summed E-state index contributed by atoms with van der Waals surface area (Å²) in [7, 11) is 3.46. The summed E-state index contributed by atoms with van der Waals surface area (Å²) >= 11 is 1.55. The van der Waals surface area contributed by atoms with E-state index in [2.05, 4.69) is 10.1 Å². The maximum Gasteiger partial charge on any atom is 0.246 e. The zero-order valence-electron chi connectivity index (χ0n) is 12.6. The van der Waals surface area contributed by atoms with Crippen LogP contribution < -0.4 is 0 Å². The van der Waals surface area contributed by atoms with Crippen LogP contribution in [0.25, 0.3) is 11.9 Å². The highest BCUT2D eigenvalue weighted by Crippen LogP contribution is 2.25. The third-order valence-corrected chi connectivity index (χ3v) is 3.71. The molecule has 2 aromatic rings. The molecule has 0 aliphatic heterocycles. The largest absolute Gasteiger partial charge is 0.345 e. The van der Waals surface area contributed by atoms with Crippen LogP contribution in [0.4, 0.5) is 0 Å². The van der Waals surface area contributed by atoms with Gasteiger partial charge >= 0.3 is 0 Å². The van der Waals surface area contributed by atoms with Gasteiger partial charge in [-0.05, 0) is 31.4 Å². The van der Waals surface area contributed by atoms with Gasteiger partial charge in [0.15, 0.2) is 5.82 Å². The van der Waals surface area contributed by atoms with E-state index in [4.69, 9.17) is 0 Å². The molecule has 0 saturated carbocycles. The fraction of sp³-hybridized carbons (Fsp3) is 0.267. The molecule has 110 valence electrons. The van der Waals surface area contributed by atoms with Crippen LogP contribution in [0.1, 0.15) is 11.3 Å². The van der Waals surface area contributed by atoms with Gasteiger partial charge in [-0.15, -0.1) is 11.8 Å². The summed E-state index contributed by atoms with van der Waals surface area (Å²) < 4.78 is 1.80. The second-order valence-corrected chi connectivity index (χ2v) is 5.47. The first-order valence-corrected chi connectivity index (χ1v) is 7.71. The lowest BCUT2D eigenvalue weighted by Gasteiger charge is -2.05. The van der Waals surface area contributed by atoms with Crippen molar-refractivity contribution in [2.24, 2.45) is 0 Å². The quantitative estimate of drug-likeness (QED) is 0.643. The van der Waals surface area contributed by atoms with Gasteiger partial charge in [-0.25, -0.2) is 9.67 Å². The molecule has 0 fully saturated rings. The number of carbonyl (C=O) groups excluding carboxylic acids is 1. The second kappa shape index (κ2) is 6.58. The summed E-state index contributed by atoms with van der Waals surface area (Å²) in [4.78, 5) is 17.5. The molecule has 6 heteroatoms. The number of nitrogens with zero attached hydrogens (tertiary/aromatic N) is 4. The van der Waals surface area contributed by atoms with E-state index in [-0.39, 0.29) is 5.91 Å². The Morgan fingerprint density at radius 2 is 2.14 bits per heavy atom. The zero-order chi connectivity index (χ0) is 15.4. The molecule has 2 aromatic heterocycles. The van der Waals surface area contributed by atoms with E-state index in [1.165, 1.54) is 4.90 Å².